The van der Waals surface area contributed by atoms with E-state index in [0.29, 0.717) is 6.04 Å². The molecule has 1 spiro atoms. The molecule has 5 heteroatoms. The molecule has 116 valence electrons. The van der Waals surface area contributed by atoms with Gasteiger partial charge in [0.05, 0.1) is 24.9 Å². The summed E-state index contributed by atoms with van der Waals surface area (Å²) >= 11 is 0. The van der Waals surface area contributed by atoms with Crippen molar-refractivity contribution in [2.45, 2.75) is 56.9 Å². The van der Waals surface area contributed by atoms with Crippen LogP contribution in [0.1, 0.15) is 50.3 Å². The summed E-state index contributed by atoms with van der Waals surface area (Å²) in [6.45, 7) is 4.54. The van der Waals surface area contributed by atoms with Crippen LogP contribution in [-0.4, -0.2) is 46.8 Å². The molecule has 1 aromatic rings. The van der Waals surface area contributed by atoms with Gasteiger partial charge in [-0.05, 0) is 18.9 Å². The third kappa shape index (κ3) is 2.87. The Morgan fingerprint density at radius 3 is 2.57 bits per heavy atom. The highest BCUT2D eigenvalue weighted by molar-refractivity contribution is 5.01. The van der Waals surface area contributed by atoms with Gasteiger partial charge in [-0.1, -0.05) is 12.8 Å². The standard InChI is InChI=1S/C16H25N3O2/c1-2-4-15(3-1)19-8-5-14(17-19)13-18-9-6-16(7-10-18)20-11-12-21-16/h5,8,15H,1-4,6-7,9-13H2. The molecular formula is C16H25N3O2. The van der Waals surface area contributed by atoms with Crippen LogP contribution in [0.5, 0.6) is 0 Å². The molecule has 0 radical (unpaired) electrons. The Labute approximate surface area is 126 Å². The first-order valence-corrected chi connectivity index (χ1v) is 8.37. The van der Waals surface area contributed by atoms with Crippen molar-refractivity contribution in [1.82, 2.24) is 14.7 Å². The van der Waals surface area contributed by atoms with E-state index in [-0.39, 0.29) is 5.79 Å². The molecule has 0 unspecified atom stereocenters. The lowest BCUT2D eigenvalue weighted by molar-refractivity contribution is -0.185. The number of piperidine rings is 1. The summed E-state index contributed by atoms with van der Waals surface area (Å²) in [6.07, 6.45) is 9.43. The number of hydrogen-bond donors (Lipinski definition) is 0. The van der Waals surface area contributed by atoms with Gasteiger partial charge in [-0.25, -0.2) is 0 Å². The second-order valence-electron chi connectivity index (χ2n) is 6.61. The highest BCUT2D eigenvalue weighted by Crippen LogP contribution is 2.32. The minimum Gasteiger partial charge on any atom is -0.347 e. The van der Waals surface area contributed by atoms with Crippen molar-refractivity contribution >= 4 is 0 Å². The lowest BCUT2D eigenvalue weighted by atomic mass is 10.0. The molecule has 5 nitrogen and oxygen atoms in total. The monoisotopic (exact) mass is 291 g/mol. The molecule has 2 saturated heterocycles. The van der Waals surface area contributed by atoms with Crippen LogP contribution in [0.25, 0.3) is 0 Å². The molecule has 0 amide bonds. The topological polar surface area (TPSA) is 39.5 Å². The van der Waals surface area contributed by atoms with E-state index in [1.54, 1.807) is 0 Å². The van der Waals surface area contributed by atoms with Gasteiger partial charge in [-0.3, -0.25) is 9.58 Å². The number of nitrogens with zero attached hydrogens (tertiary/aromatic N) is 3. The van der Waals surface area contributed by atoms with Gasteiger partial charge >= 0.3 is 0 Å². The van der Waals surface area contributed by atoms with E-state index < -0.39 is 0 Å². The molecule has 0 aromatic carbocycles. The number of likely N-dealkylation sites (tertiary alicyclic amines) is 1. The summed E-state index contributed by atoms with van der Waals surface area (Å²) < 4.78 is 13.8. The quantitative estimate of drug-likeness (QED) is 0.857. The van der Waals surface area contributed by atoms with Crippen molar-refractivity contribution in [3.8, 4) is 0 Å². The summed E-state index contributed by atoms with van der Waals surface area (Å²) in [5.74, 6) is -0.264. The van der Waals surface area contributed by atoms with Crippen molar-refractivity contribution in [3.05, 3.63) is 18.0 Å². The third-order valence-corrected chi connectivity index (χ3v) is 5.18. The zero-order chi connectivity index (χ0) is 14.1. The predicted molar refractivity (Wildman–Crippen MR) is 78.9 cm³/mol. The molecule has 0 bridgehead atoms. The molecule has 4 rings (SSSR count). The fourth-order valence-corrected chi connectivity index (χ4v) is 3.90. The second-order valence-corrected chi connectivity index (χ2v) is 6.61. The molecule has 21 heavy (non-hydrogen) atoms. The van der Waals surface area contributed by atoms with Crippen molar-refractivity contribution in [3.63, 3.8) is 0 Å². The van der Waals surface area contributed by atoms with E-state index in [9.17, 15) is 0 Å². The molecule has 0 atom stereocenters. The van der Waals surface area contributed by atoms with E-state index >= 15 is 0 Å². The molecule has 1 aromatic heterocycles. The number of hydrogen-bond acceptors (Lipinski definition) is 4. The maximum absolute atomic E-state index is 5.78. The van der Waals surface area contributed by atoms with E-state index in [1.165, 1.54) is 31.4 Å². The van der Waals surface area contributed by atoms with Gasteiger partial charge in [-0.2, -0.15) is 5.10 Å². The van der Waals surface area contributed by atoms with Gasteiger partial charge < -0.3 is 9.47 Å². The average molecular weight is 291 g/mol. The first kappa shape index (κ1) is 13.7. The third-order valence-electron chi connectivity index (χ3n) is 5.18. The number of rotatable bonds is 3. The highest BCUT2D eigenvalue weighted by atomic mass is 16.7. The van der Waals surface area contributed by atoms with Gasteiger partial charge in [0.25, 0.3) is 0 Å². The molecule has 1 aliphatic carbocycles. The van der Waals surface area contributed by atoms with E-state index in [1.807, 2.05) is 0 Å². The maximum atomic E-state index is 5.78. The van der Waals surface area contributed by atoms with Crippen LogP contribution in [-0.2, 0) is 16.0 Å². The van der Waals surface area contributed by atoms with Crippen LogP contribution in [0, 0.1) is 0 Å². The van der Waals surface area contributed by atoms with Crippen molar-refractivity contribution in [2.75, 3.05) is 26.3 Å². The molecule has 3 heterocycles. The lowest BCUT2D eigenvalue weighted by Crippen LogP contribution is -2.44. The van der Waals surface area contributed by atoms with Crippen LogP contribution < -0.4 is 0 Å². The lowest BCUT2D eigenvalue weighted by Gasteiger charge is -2.37. The predicted octanol–water partition coefficient (Wildman–Crippen LogP) is 2.34. The Bertz CT molecular complexity index is 466. The van der Waals surface area contributed by atoms with E-state index in [4.69, 9.17) is 14.6 Å². The Balaban J connectivity index is 1.32. The first-order valence-electron chi connectivity index (χ1n) is 8.37. The van der Waals surface area contributed by atoms with Crippen LogP contribution >= 0.6 is 0 Å². The zero-order valence-corrected chi connectivity index (χ0v) is 12.7. The minimum atomic E-state index is -0.264. The van der Waals surface area contributed by atoms with Gasteiger partial charge in [0, 0.05) is 38.7 Å². The van der Waals surface area contributed by atoms with Gasteiger partial charge in [0.1, 0.15) is 0 Å². The van der Waals surface area contributed by atoms with Crippen LogP contribution in [0.15, 0.2) is 12.3 Å². The molecule has 1 saturated carbocycles. The number of ether oxygens (including phenoxy) is 2. The van der Waals surface area contributed by atoms with Crippen molar-refractivity contribution in [1.29, 1.82) is 0 Å². The number of aromatic nitrogens is 2. The second kappa shape index (κ2) is 5.71. The summed E-state index contributed by atoms with van der Waals surface area (Å²) in [4.78, 5) is 2.47. The fraction of sp³-hybridized carbons (Fsp3) is 0.812. The van der Waals surface area contributed by atoms with Crippen molar-refractivity contribution < 1.29 is 9.47 Å². The Morgan fingerprint density at radius 2 is 1.86 bits per heavy atom. The van der Waals surface area contributed by atoms with Gasteiger partial charge in [-0.15, -0.1) is 0 Å². The summed E-state index contributed by atoms with van der Waals surface area (Å²) in [5.41, 5.74) is 1.20. The van der Waals surface area contributed by atoms with E-state index in [0.717, 1.165) is 45.7 Å². The zero-order valence-electron chi connectivity index (χ0n) is 12.7. The Hall–Kier alpha value is -0.910. The maximum Gasteiger partial charge on any atom is 0.170 e. The summed E-state index contributed by atoms with van der Waals surface area (Å²) in [5, 5.41) is 4.79. The highest BCUT2D eigenvalue weighted by Gasteiger charge is 2.39. The van der Waals surface area contributed by atoms with E-state index in [2.05, 4.69) is 21.8 Å². The largest absolute Gasteiger partial charge is 0.347 e. The first-order chi connectivity index (χ1) is 10.3. The fourth-order valence-electron chi connectivity index (χ4n) is 3.90. The molecule has 2 aliphatic heterocycles. The molecule has 3 fully saturated rings. The normalized spacial score (nSPS) is 26.9. The minimum absolute atomic E-state index is 0.264. The Morgan fingerprint density at radius 1 is 1.14 bits per heavy atom. The van der Waals surface area contributed by atoms with Gasteiger partial charge in [0.2, 0.25) is 0 Å². The van der Waals surface area contributed by atoms with Gasteiger partial charge in [0.15, 0.2) is 5.79 Å². The van der Waals surface area contributed by atoms with Crippen LogP contribution in [0.4, 0.5) is 0 Å². The van der Waals surface area contributed by atoms with Crippen LogP contribution in [0.2, 0.25) is 0 Å². The SMILES string of the molecule is c1cn(C2CCCC2)nc1CN1CCC2(CC1)OCCO2. The molecule has 0 N–H and O–H groups in total. The molecule has 3 aliphatic rings. The summed E-state index contributed by atoms with van der Waals surface area (Å²) in [7, 11) is 0. The average Bonchev–Trinajstić information content (AvgIpc) is 3.23. The van der Waals surface area contributed by atoms with Crippen molar-refractivity contribution in [2.24, 2.45) is 0 Å². The molecular weight excluding hydrogens is 266 g/mol. The summed E-state index contributed by atoms with van der Waals surface area (Å²) in [6, 6.07) is 2.83. The Kier molecular flexibility index (Phi) is 3.73. The smallest absolute Gasteiger partial charge is 0.170 e. The van der Waals surface area contributed by atoms with Crippen LogP contribution in [0.3, 0.4) is 0 Å².